The molecule has 6 atom stereocenters. The summed E-state index contributed by atoms with van der Waals surface area (Å²) in [4.78, 5) is 112. The fourth-order valence-electron chi connectivity index (χ4n) is 8.13. The third kappa shape index (κ3) is 12.5. The Bertz CT molecular complexity index is 2680. The number of imidazole rings is 1. The van der Waals surface area contributed by atoms with E-state index >= 15 is 0 Å². The molecule has 7 rings (SSSR count). The molecule has 19 nitrogen and oxygen atoms in total. The molecular weight excluding hydrogens is 857 g/mol. The van der Waals surface area contributed by atoms with Crippen molar-refractivity contribution in [2.75, 3.05) is 13.1 Å². The summed E-state index contributed by atoms with van der Waals surface area (Å²) in [7, 11) is 0. The van der Waals surface area contributed by atoms with Crippen LogP contribution in [-0.4, -0.2) is 111 Å². The zero-order chi connectivity index (χ0) is 47.3. The lowest BCUT2D eigenvalue weighted by atomic mass is 10.0. The molecule has 1 fully saturated rings. The summed E-state index contributed by atoms with van der Waals surface area (Å²) in [5.41, 5.74) is 9.98. The summed E-state index contributed by atoms with van der Waals surface area (Å²) in [6.07, 6.45) is 7.46. The number of hydrogen-bond donors (Lipinski definition) is 11. The van der Waals surface area contributed by atoms with E-state index in [-0.39, 0.29) is 32.1 Å². The highest BCUT2D eigenvalue weighted by Crippen LogP contribution is 2.21. The van der Waals surface area contributed by atoms with Crippen LogP contribution in [0.25, 0.3) is 21.8 Å². The summed E-state index contributed by atoms with van der Waals surface area (Å²) >= 11 is 0. The van der Waals surface area contributed by atoms with Crippen molar-refractivity contribution >= 4 is 63.2 Å². The first kappa shape index (κ1) is 47.2. The number of nitrogens with two attached hydrogens (primary N) is 1. The minimum Gasteiger partial charge on any atom is -0.361 e. The Hall–Kier alpha value is -7.80. The predicted molar refractivity (Wildman–Crippen MR) is 250 cm³/mol. The maximum Gasteiger partial charge on any atom is 0.243 e. The van der Waals surface area contributed by atoms with Gasteiger partial charge in [-0.2, -0.15) is 0 Å². The Morgan fingerprint density at radius 2 is 1.06 bits per heavy atom. The molecule has 67 heavy (non-hydrogen) atoms. The van der Waals surface area contributed by atoms with Crippen LogP contribution >= 0.6 is 0 Å². The van der Waals surface area contributed by atoms with Gasteiger partial charge in [0.1, 0.15) is 36.3 Å². The second-order valence-electron chi connectivity index (χ2n) is 16.7. The SMILES string of the molecule is C[C@@H]1NC(=O)[C@@H](Cc2c[nH]c3ccccc23)NC(=O)[C@H](Cc2cnc[nH]2)NC(=O)CNC(=O)[C@H](CCCCN)NC(=O)[C@@H](Cc2ccccc2)NC(=O)[C@H](Cc2c[nH]c3ccccc23)NC1=O. The number of para-hydroxylation sites is 2. The van der Waals surface area contributed by atoms with Gasteiger partial charge in [-0.05, 0) is 61.6 Å². The van der Waals surface area contributed by atoms with Crippen LogP contribution in [0.3, 0.4) is 0 Å². The highest BCUT2D eigenvalue weighted by molar-refractivity contribution is 5.99. The molecule has 1 aliphatic heterocycles. The van der Waals surface area contributed by atoms with Crippen LogP contribution < -0.4 is 43.0 Å². The number of unbranched alkanes of at least 4 members (excludes halogenated alkanes) is 1. The number of rotatable bonds is 12. The number of hydrogen-bond acceptors (Lipinski definition) is 9. The molecule has 350 valence electrons. The van der Waals surface area contributed by atoms with E-state index in [4.69, 9.17) is 5.73 Å². The molecule has 6 aromatic rings. The summed E-state index contributed by atoms with van der Waals surface area (Å²) < 4.78 is 0. The molecule has 3 aromatic carbocycles. The Morgan fingerprint density at radius 3 is 1.64 bits per heavy atom. The molecule has 1 aliphatic rings. The molecular formula is C48H56N12O7. The summed E-state index contributed by atoms with van der Waals surface area (Å²) in [6.45, 7) is 1.22. The number of nitrogens with zero attached hydrogens (tertiary/aromatic N) is 1. The van der Waals surface area contributed by atoms with E-state index in [1.54, 1.807) is 36.7 Å². The van der Waals surface area contributed by atoms with Gasteiger partial charge in [-0.1, -0.05) is 66.7 Å². The van der Waals surface area contributed by atoms with Crippen molar-refractivity contribution in [2.45, 2.75) is 88.1 Å². The zero-order valence-electron chi connectivity index (χ0n) is 37.0. The van der Waals surface area contributed by atoms with E-state index in [1.807, 2.05) is 54.6 Å². The molecule has 3 aromatic heterocycles. The van der Waals surface area contributed by atoms with Crippen LogP contribution in [0.5, 0.6) is 0 Å². The molecule has 0 aliphatic carbocycles. The Labute approximate surface area is 386 Å². The number of carbonyl (C=O) groups is 7. The molecule has 4 heterocycles. The normalized spacial score (nSPS) is 21.9. The van der Waals surface area contributed by atoms with Gasteiger partial charge in [0.2, 0.25) is 41.4 Å². The summed E-state index contributed by atoms with van der Waals surface area (Å²) in [5, 5.41) is 20.9. The smallest absolute Gasteiger partial charge is 0.243 e. The number of aromatic nitrogens is 4. The molecule has 0 bridgehead atoms. The molecule has 0 unspecified atom stereocenters. The van der Waals surface area contributed by atoms with E-state index < -0.39 is 84.1 Å². The van der Waals surface area contributed by atoms with Gasteiger partial charge in [0.25, 0.3) is 0 Å². The van der Waals surface area contributed by atoms with Gasteiger partial charge in [0.05, 0.1) is 12.9 Å². The molecule has 0 radical (unpaired) electrons. The van der Waals surface area contributed by atoms with Crippen molar-refractivity contribution in [3.05, 3.63) is 126 Å². The molecule has 7 amide bonds. The largest absolute Gasteiger partial charge is 0.361 e. The quantitative estimate of drug-likeness (QED) is 0.0775. The molecule has 0 spiro atoms. The lowest BCUT2D eigenvalue weighted by molar-refractivity contribution is -0.135. The van der Waals surface area contributed by atoms with Gasteiger partial charge in [-0.15, -0.1) is 0 Å². The predicted octanol–water partition coefficient (Wildman–Crippen LogP) is 0.830. The second-order valence-corrected chi connectivity index (χ2v) is 16.7. The van der Waals surface area contributed by atoms with Gasteiger partial charge in [-0.3, -0.25) is 33.6 Å². The van der Waals surface area contributed by atoms with Crippen LogP contribution in [0, 0.1) is 0 Å². The van der Waals surface area contributed by atoms with Gasteiger partial charge in [-0.25, -0.2) is 4.98 Å². The van der Waals surface area contributed by atoms with Crippen molar-refractivity contribution in [3.8, 4) is 0 Å². The summed E-state index contributed by atoms with van der Waals surface area (Å²) in [6, 6.07) is 16.5. The van der Waals surface area contributed by atoms with Gasteiger partial charge in [0, 0.05) is 71.8 Å². The number of aromatic amines is 3. The minimum absolute atomic E-state index is 0.00988. The van der Waals surface area contributed by atoms with E-state index in [1.165, 1.54) is 19.4 Å². The maximum absolute atomic E-state index is 14.6. The molecule has 19 heteroatoms. The van der Waals surface area contributed by atoms with Gasteiger partial charge < -0.3 is 57.9 Å². The number of nitrogens with one attached hydrogen (secondary N) is 10. The van der Waals surface area contributed by atoms with Crippen LogP contribution in [0.2, 0.25) is 0 Å². The van der Waals surface area contributed by atoms with Crippen molar-refractivity contribution in [1.82, 2.24) is 57.2 Å². The standard InChI is InChI=1S/C48H56N12O7/c1-28-43(62)58-40(21-31-24-52-36-16-8-6-14-34(31)36)47(66)59-38(19-29-11-3-2-4-12-29)46(65)57-37(17-9-10-18-49)44(63)53-26-42(61)56-41(22-32-25-50-27-54-32)48(67)60-39(45(64)55-28)20-30-23-51-35-15-7-5-13-33(30)35/h2-8,11-16,23-25,27-28,37-41,51-52H,9-10,17-22,26,49H2,1H3,(H,50,54)(H,53,63)(H,55,64)(H,56,61)(H,57,65)(H,58,62)(H,59,66)(H,60,67)/t28-,37-,38+,39+,40-,41-/m0/s1. The van der Waals surface area contributed by atoms with Crippen molar-refractivity contribution < 1.29 is 33.6 Å². The fourth-order valence-corrected chi connectivity index (χ4v) is 8.13. The topological polar surface area (TPSA) is 290 Å². The fraction of sp³-hybridized carbons (Fsp3) is 0.333. The Morgan fingerprint density at radius 1 is 0.537 bits per heavy atom. The Kier molecular flexibility index (Phi) is 15.8. The lowest BCUT2D eigenvalue weighted by Gasteiger charge is -2.26. The number of amides is 7. The first-order valence-corrected chi connectivity index (χ1v) is 22.4. The average molecular weight is 913 g/mol. The van der Waals surface area contributed by atoms with Crippen molar-refractivity contribution in [2.24, 2.45) is 5.73 Å². The van der Waals surface area contributed by atoms with Gasteiger partial charge >= 0.3 is 0 Å². The van der Waals surface area contributed by atoms with E-state index in [9.17, 15) is 33.6 Å². The summed E-state index contributed by atoms with van der Waals surface area (Å²) in [5.74, 6) is -4.97. The van der Waals surface area contributed by atoms with Crippen molar-refractivity contribution in [1.29, 1.82) is 0 Å². The van der Waals surface area contributed by atoms with E-state index in [2.05, 4.69) is 57.2 Å². The van der Waals surface area contributed by atoms with Crippen LogP contribution in [0.1, 0.15) is 48.6 Å². The monoisotopic (exact) mass is 912 g/mol. The third-order valence-electron chi connectivity index (χ3n) is 11.8. The number of H-pyrrole nitrogens is 3. The highest BCUT2D eigenvalue weighted by atomic mass is 16.2. The number of benzene rings is 3. The highest BCUT2D eigenvalue weighted by Gasteiger charge is 2.34. The van der Waals surface area contributed by atoms with Gasteiger partial charge in [0.15, 0.2) is 0 Å². The minimum atomic E-state index is -1.27. The van der Waals surface area contributed by atoms with Crippen molar-refractivity contribution in [3.63, 3.8) is 0 Å². The number of fused-ring (bicyclic) bond motifs is 2. The molecule has 12 N–H and O–H groups in total. The van der Waals surface area contributed by atoms with E-state index in [0.717, 1.165) is 21.8 Å². The average Bonchev–Trinajstić information content (AvgIpc) is 4.10. The third-order valence-corrected chi connectivity index (χ3v) is 11.8. The molecule has 1 saturated heterocycles. The van der Waals surface area contributed by atoms with E-state index in [0.29, 0.717) is 41.8 Å². The lowest BCUT2D eigenvalue weighted by Crippen LogP contribution is -2.59. The first-order chi connectivity index (χ1) is 32.4. The first-order valence-electron chi connectivity index (χ1n) is 22.4. The zero-order valence-corrected chi connectivity index (χ0v) is 37.0. The van der Waals surface area contributed by atoms with Crippen LogP contribution in [0.15, 0.2) is 104 Å². The maximum atomic E-state index is 14.6. The number of carbonyl (C=O) groups excluding carboxylic acids is 7. The Balaban J connectivity index is 1.24. The van der Waals surface area contributed by atoms with Crippen LogP contribution in [0.4, 0.5) is 0 Å². The van der Waals surface area contributed by atoms with Crippen LogP contribution in [-0.2, 0) is 59.2 Å². The second kappa shape index (κ2) is 22.4. The molecule has 0 saturated carbocycles.